The molecule has 1 N–H and O–H groups in total. The van der Waals surface area contributed by atoms with Crippen molar-refractivity contribution in [1.82, 2.24) is 15.3 Å². The molecule has 1 radical (unpaired) electrons. The van der Waals surface area contributed by atoms with Crippen LogP contribution >= 0.6 is 11.3 Å². The van der Waals surface area contributed by atoms with Crippen LogP contribution < -0.4 is 5.32 Å². The molecule has 3 aromatic rings. The van der Waals surface area contributed by atoms with Crippen molar-refractivity contribution in [3.05, 3.63) is 48.4 Å². The molecule has 0 amide bonds. The van der Waals surface area contributed by atoms with Crippen molar-refractivity contribution in [2.75, 3.05) is 6.54 Å². The SMILES string of the molecule is CCNCc1cccc(-c2cc3ncn[c]c3s2)c1. The van der Waals surface area contributed by atoms with Gasteiger partial charge in [0.15, 0.2) is 0 Å². The second-order valence-corrected chi connectivity index (χ2v) is 5.34. The van der Waals surface area contributed by atoms with Gasteiger partial charge in [0.05, 0.1) is 10.2 Å². The average Bonchev–Trinajstić information content (AvgIpc) is 2.89. The Balaban J connectivity index is 1.96. The molecule has 0 aliphatic rings. The van der Waals surface area contributed by atoms with Crippen molar-refractivity contribution in [3.63, 3.8) is 0 Å². The summed E-state index contributed by atoms with van der Waals surface area (Å²) >= 11 is 1.68. The van der Waals surface area contributed by atoms with Crippen molar-refractivity contribution in [2.45, 2.75) is 13.5 Å². The Hall–Kier alpha value is -1.78. The van der Waals surface area contributed by atoms with E-state index >= 15 is 0 Å². The van der Waals surface area contributed by atoms with Crippen molar-refractivity contribution in [3.8, 4) is 10.4 Å². The number of nitrogens with one attached hydrogen (secondary N) is 1. The van der Waals surface area contributed by atoms with Crippen LogP contribution in [0.2, 0.25) is 0 Å². The van der Waals surface area contributed by atoms with Gasteiger partial charge >= 0.3 is 0 Å². The molecule has 0 aliphatic heterocycles. The molecule has 0 saturated heterocycles. The van der Waals surface area contributed by atoms with E-state index in [0.29, 0.717) is 0 Å². The van der Waals surface area contributed by atoms with Crippen LogP contribution in [0.25, 0.3) is 20.7 Å². The molecule has 4 heteroatoms. The van der Waals surface area contributed by atoms with Crippen molar-refractivity contribution in [2.24, 2.45) is 0 Å². The maximum absolute atomic E-state index is 4.26. The fraction of sp³-hybridized carbons (Fsp3) is 0.200. The van der Waals surface area contributed by atoms with Crippen LogP contribution in [0.3, 0.4) is 0 Å². The van der Waals surface area contributed by atoms with E-state index < -0.39 is 0 Å². The Bertz CT molecular complexity index is 657. The van der Waals surface area contributed by atoms with E-state index in [2.05, 4.69) is 58.7 Å². The lowest BCUT2D eigenvalue weighted by Crippen LogP contribution is -2.11. The first kappa shape index (κ1) is 12.3. The van der Waals surface area contributed by atoms with Gasteiger partial charge in [-0.1, -0.05) is 25.1 Å². The van der Waals surface area contributed by atoms with E-state index in [-0.39, 0.29) is 0 Å². The maximum Gasteiger partial charge on any atom is 0.116 e. The van der Waals surface area contributed by atoms with E-state index in [1.165, 1.54) is 16.0 Å². The molecule has 0 fully saturated rings. The largest absolute Gasteiger partial charge is 0.313 e. The number of rotatable bonds is 4. The Kier molecular flexibility index (Phi) is 3.53. The molecule has 0 aliphatic carbocycles. The highest BCUT2D eigenvalue weighted by Gasteiger charge is 2.06. The average molecular weight is 268 g/mol. The van der Waals surface area contributed by atoms with E-state index in [1.807, 2.05) is 0 Å². The zero-order chi connectivity index (χ0) is 13.1. The summed E-state index contributed by atoms with van der Waals surface area (Å²) in [6.45, 7) is 4.00. The van der Waals surface area contributed by atoms with Gasteiger partial charge in [0.25, 0.3) is 0 Å². The smallest absolute Gasteiger partial charge is 0.116 e. The van der Waals surface area contributed by atoms with Crippen LogP contribution in [0.1, 0.15) is 12.5 Å². The number of aromatic nitrogens is 2. The number of hydrogen-bond donors (Lipinski definition) is 1. The first-order chi connectivity index (χ1) is 9.36. The summed E-state index contributed by atoms with van der Waals surface area (Å²) in [6, 6.07) is 10.7. The fourth-order valence-corrected chi connectivity index (χ4v) is 2.93. The summed E-state index contributed by atoms with van der Waals surface area (Å²) in [5.74, 6) is 0. The molecule has 0 bridgehead atoms. The minimum Gasteiger partial charge on any atom is -0.313 e. The molecule has 3 nitrogen and oxygen atoms in total. The molecule has 2 aromatic heterocycles. The van der Waals surface area contributed by atoms with Crippen LogP contribution in [0, 0.1) is 6.20 Å². The van der Waals surface area contributed by atoms with Crippen LogP contribution in [0.4, 0.5) is 0 Å². The van der Waals surface area contributed by atoms with Gasteiger partial charge in [-0.15, -0.1) is 11.3 Å². The quantitative estimate of drug-likeness (QED) is 0.789. The Labute approximate surface area is 116 Å². The molecule has 0 unspecified atom stereocenters. The lowest BCUT2D eigenvalue weighted by atomic mass is 10.1. The normalized spacial score (nSPS) is 11.0. The van der Waals surface area contributed by atoms with Gasteiger partial charge in [0.2, 0.25) is 0 Å². The Morgan fingerprint density at radius 3 is 3.11 bits per heavy atom. The van der Waals surface area contributed by atoms with E-state index in [1.54, 1.807) is 17.7 Å². The monoisotopic (exact) mass is 268 g/mol. The van der Waals surface area contributed by atoms with Gasteiger partial charge in [-0.25, -0.2) is 9.97 Å². The number of benzene rings is 1. The van der Waals surface area contributed by atoms with Gasteiger partial charge in [-0.05, 0) is 29.8 Å². The summed E-state index contributed by atoms with van der Waals surface area (Å²) in [5, 5.41) is 3.34. The molecule has 2 heterocycles. The van der Waals surface area contributed by atoms with Crippen LogP contribution in [-0.2, 0) is 6.54 Å². The summed E-state index contributed by atoms with van der Waals surface area (Å²) in [4.78, 5) is 9.41. The first-order valence-corrected chi connectivity index (χ1v) is 7.10. The van der Waals surface area contributed by atoms with Gasteiger partial charge < -0.3 is 5.32 Å². The lowest BCUT2D eigenvalue weighted by Gasteiger charge is -2.04. The summed E-state index contributed by atoms with van der Waals surface area (Å²) in [6.07, 6.45) is 4.53. The van der Waals surface area contributed by atoms with Crippen molar-refractivity contribution >= 4 is 21.6 Å². The number of hydrogen-bond acceptors (Lipinski definition) is 4. The molecule has 3 rings (SSSR count). The van der Waals surface area contributed by atoms with Gasteiger partial charge in [-0.3, -0.25) is 0 Å². The molecular formula is C15H14N3S. The molecule has 19 heavy (non-hydrogen) atoms. The second-order valence-electron chi connectivity index (χ2n) is 4.29. The Morgan fingerprint density at radius 1 is 1.32 bits per heavy atom. The predicted octanol–water partition coefficient (Wildman–Crippen LogP) is 3.27. The lowest BCUT2D eigenvalue weighted by molar-refractivity contribution is 0.727. The molecule has 0 saturated carbocycles. The van der Waals surface area contributed by atoms with Crippen LogP contribution in [0.15, 0.2) is 36.7 Å². The van der Waals surface area contributed by atoms with Gasteiger partial charge in [-0.2, -0.15) is 0 Å². The van der Waals surface area contributed by atoms with E-state index in [9.17, 15) is 0 Å². The van der Waals surface area contributed by atoms with Crippen LogP contribution in [0.5, 0.6) is 0 Å². The zero-order valence-corrected chi connectivity index (χ0v) is 11.5. The minimum atomic E-state index is 0.904. The van der Waals surface area contributed by atoms with Gasteiger partial charge in [0.1, 0.15) is 12.5 Å². The fourth-order valence-electron chi connectivity index (χ4n) is 1.98. The third-order valence-corrected chi connectivity index (χ3v) is 4.00. The molecule has 0 spiro atoms. The maximum atomic E-state index is 4.26. The third kappa shape index (κ3) is 2.64. The number of fused-ring (bicyclic) bond motifs is 1. The van der Waals surface area contributed by atoms with Crippen molar-refractivity contribution in [1.29, 1.82) is 0 Å². The number of thiophene rings is 1. The predicted molar refractivity (Wildman–Crippen MR) is 79.1 cm³/mol. The summed E-state index contributed by atoms with van der Waals surface area (Å²) in [7, 11) is 0. The highest BCUT2D eigenvalue weighted by molar-refractivity contribution is 7.22. The second kappa shape index (κ2) is 5.47. The standard InChI is InChI=1S/C15H14N3S/c1-2-16-8-11-4-3-5-12(6-11)14-7-13-15(19-14)9-17-10-18-13/h3-7,10,16H,2,8H2,1H3. The molecule has 95 valence electrons. The summed E-state index contributed by atoms with van der Waals surface area (Å²) < 4.78 is 1.01. The molecular weight excluding hydrogens is 254 g/mol. The van der Waals surface area contributed by atoms with Gasteiger partial charge in [0, 0.05) is 11.4 Å². The Morgan fingerprint density at radius 2 is 2.26 bits per heavy atom. The van der Waals surface area contributed by atoms with E-state index in [4.69, 9.17) is 0 Å². The summed E-state index contributed by atoms with van der Waals surface area (Å²) in [5.41, 5.74) is 3.49. The first-order valence-electron chi connectivity index (χ1n) is 6.29. The topological polar surface area (TPSA) is 37.8 Å². The van der Waals surface area contributed by atoms with Crippen LogP contribution in [-0.4, -0.2) is 16.5 Å². The molecule has 1 aromatic carbocycles. The van der Waals surface area contributed by atoms with E-state index in [0.717, 1.165) is 23.3 Å². The minimum absolute atomic E-state index is 0.904. The highest BCUT2D eigenvalue weighted by Crippen LogP contribution is 2.32. The molecule has 0 atom stereocenters. The third-order valence-electron chi connectivity index (χ3n) is 2.92. The zero-order valence-electron chi connectivity index (χ0n) is 10.7. The van der Waals surface area contributed by atoms with Crippen molar-refractivity contribution < 1.29 is 0 Å². The number of nitrogens with zero attached hydrogens (tertiary/aromatic N) is 2. The highest BCUT2D eigenvalue weighted by atomic mass is 32.1.